The smallest absolute Gasteiger partial charge is 0.433 e. The fourth-order valence-electron chi connectivity index (χ4n) is 3.78. The van der Waals surface area contributed by atoms with Gasteiger partial charge in [0.15, 0.2) is 11.5 Å². The van der Waals surface area contributed by atoms with Crippen molar-refractivity contribution >= 4 is 16.8 Å². The summed E-state index contributed by atoms with van der Waals surface area (Å²) in [4.78, 5) is 21.1. The Balaban J connectivity index is 1.76. The number of benzene rings is 2. The Bertz CT molecular complexity index is 1440. The van der Waals surface area contributed by atoms with Crippen molar-refractivity contribution in [1.82, 2.24) is 15.3 Å². The van der Waals surface area contributed by atoms with Crippen molar-refractivity contribution in [3.63, 3.8) is 0 Å². The van der Waals surface area contributed by atoms with Crippen LogP contribution in [0.5, 0.6) is 5.75 Å². The number of aromatic nitrogens is 2. The highest BCUT2D eigenvalue weighted by Crippen LogP contribution is 2.37. The van der Waals surface area contributed by atoms with Gasteiger partial charge in [-0.05, 0) is 48.9 Å². The van der Waals surface area contributed by atoms with Gasteiger partial charge in [0.05, 0.1) is 25.8 Å². The average molecular weight is 518 g/mol. The second-order valence-corrected chi connectivity index (χ2v) is 8.19. The summed E-state index contributed by atoms with van der Waals surface area (Å²) in [5.41, 5.74) is 5.37. The molecule has 4 rings (SSSR count). The molecule has 0 bridgehead atoms. The molecule has 4 aromatic rings. The van der Waals surface area contributed by atoms with Crippen LogP contribution in [-0.4, -0.2) is 34.7 Å². The van der Waals surface area contributed by atoms with Crippen LogP contribution < -0.4 is 15.8 Å². The molecule has 4 N–H and O–H groups in total. The number of nitrogens with two attached hydrogens (primary N) is 1. The van der Waals surface area contributed by atoms with Crippen molar-refractivity contribution in [2.24, 2.45) is 5.73 Å². The fraction of sp³-hybridized carbons (Fsp3) is 0.240. The Kier molecular flexibility index (Phi) is 7.14. The highest BCUT2D eigenvalue weighted by atomic mass is 19.4. The van der Waals surface area contributed by atoms with E-state index in [-0.39, 0.29) is 39.6 Å². The number of methoxy groups -OCH3 is 1. The number of rotatable bonds is 7. The molecule has 0 aliphatic carbocycles. The quantitative estimate of drug-likeness (QED) is 0.307. The van der Waals surface area contributed by atoms with Crippen LogP contribution in [0.4, 0.5) is 17.6 Å². The highest BCUT2D eigenvalue weighted by molar-refractivity contribution is 5.98. The van der Waals surface area contributed by atoms with Gasteiger partial charge in [0.2, 0.25) is 5.89 Å². The largest absolute Gasteiger partial charge is 0.494 e. The van der Waals surface area contributed by atoms with Crippen molar-refractivity contribution < 1.29 is 36.6 Å². The predicted octanol–water partition coefficient (Wildman–Crippen LogP) is 4.54. The number of halogens is 4. The van der Waals surface area contributed by atoms with E-state index in [9.17, 15) is 27.5 Å². The molecular formula is C25H22F4N4O4. The van der Waals surface area contributed by atoms with Gasteiger partial charge in [0, 0.05) is 10.9 Å². The summed E-state index contributed by atoms with van der Waals surface area (Å²) < 4.78 is 64.0. The van der Waals surface area contributed by atoms with Crippen LogP contribution in [0, 0.1) is 5.82 Å². The minimum Gasteiger partial charge on any atom is -0.494 e. The lowest BCUT2D eigenvalue weighted by Crippen LogP contribution is -2.32. The Morgan fingerprint density at radius 1 is 1.14 bits per heavy atom. The van der Waals surface area contributed by atoms with Crippen molar-refractivity contribution in [2.45, 2.75) is 25.2 Å². The molecule has 0 aliphatic rings. The van der Waals surface area contributed by atoms with Crippen LogP contribution in [0.2, 0.25) is 0 Å². The van der Waals surface area contributed by atoms with E-state index in [1.165, 1.54) is 49.6 Å². The molecule has 194 valence electrons. The summed E-state index contributed by atoms with van der Waals surface area (Å²) in [6, 6.07) is 8.54. The zero-order valence-electron chi connectivity index (χ0n) is 19.6. The second-order valence-electron chi connectivity index (χ2n) is 8.19. The molecule has 1 unspecified atom stereocenters. The Hall–Kier alpha value is -4.03. The number of hydrogen-bond donors (Lipinski definition) is 3. The summed E-state index contributed by atoms with van der Waals surface area (Å²) in [6.45, 7) is 1.08. The number of hydrogen-bond acceptors (Lipinski definition) is 7. The third-order valence-corrected chi connectivity index (χ3v) is 5.60. The minimum absolute atomic E-state index is 0.0205. The lowest BCUT2D eigenvalue weighted by atomic mass is 10.1. The van der Waals surface area contributed by atoms with Gasteiger partial charge < -0.3 is 25.3 Å². The molecule has 0 saturated heterocycles. The van der Waals surface area contributed by atoms with Crippen molar-refractivity contribution in [1.29, 1.82) is 0 Å². The second kappa shape index (κ2) is 10.1. The highest BCUT2D eigenvalue weighted by Gasteiger charge is 2.33. The number of fused-ring (bicyclic) bond motifs is 1. The van der Waals surface area contributed by atoms with Crippen LogP contribution in [0.1, 0.15) is 46.5 Å². The topological polar surface area (TPSA) is 124 Å². The Morgan fingerprint density at radius 3 is 2.43 bits per heavy atom. The predicted molar refractivity (Wildman–Crippen MR) is 125 cm³/mol. The molecule has 0 radical (unpaired) electrons. The maximum Gasteiger partial charge on any atom is 0.433 e. The SMILES string of the molecule is COc1ccc(-c2nc(C(=O)NC(CO)c3ccc(F)cc3)c([C@H](C)N)o2)c2ccc(C(F)(F)F)nc12. The summed E-state index contributed by atoms with van der Waals surface area (Å²) in [7, 11) is 1.30. The van der Waals surface area contributed by atoms with Gasteiger partial charge in [-0.2, -0.15) is 13.2 Å². The number of carbonyl (C=O) groups is 1. The van der Waals surface area contributed by atoms with Gasteiger partial charge in [-0.15, -0.1) is 0 Å². The molecule has 0 fully saturated rings. The van der Waals surface area contributed by atoms with Crippen LogP contribution in [0.15, 0.2) is 52.9 Å². The maximum atomic E-state index is 13.3. The lowest BCUT2D eigenvalue weighted by molar-refractivity contribution is -0.140. The summed E-state index contributed by atoms with van der Waals surface area (Å²) in [5.74, 6) is -1.15. The maximum absolute atomic E-state index is 13.3. The average Bonchev–Trinajstić information content (AvgIpc) is 3.32. The van der Waals surface area contributed by atoms with E-state index in [1.807, 2.05) is 0 Å². The molecule has 1 amide bonds. The molecule has 0 saturated carbocycles. The standard InChI is InChI=1S/C25H22F4N4O4/c1-12(30)22-21(23(35)31-17(11-34)13-3-5-14(26)6-4-13)33-24(37-22)16-7-9-18(36-2)20-15(16)8-10-19(32-20)25(27,28)29/h3-10,12,17,34H,11,30H2,1-2H3,(H,31,35)/t12-,17?/m0/s1. The number of nitrogens with zero attached hydrogens (tertiary/aromatic N) is 2. The zero-order valence-corrected chi connectivity index (χ0v) is 19.6. The third kappa shape index (κ3) is 5.25. The van der Waals surface area contributed by atoms with Crippen molar-refractivity contribution in [3.8, 4) is 17.2 Å². The van der Waals surface area contributed by atoms with Crippen molar-refractivity contribution in [2.75, 3.05) is 13.7 Å². The molecule has 2 aromatic carbocycles. The number of nitrogens with one attached hydrogen (secondary N) is 1. The zero-order chi connectivity index (χ0) is 26.9. The molecule has 37 heavy (non-hydrogen) atoms. The van der Waals surface area contributed by atoms with Crippen LogP contribution in [0.3, 0.4) is 0 Å². The first-order valence-electron chi connectivity index (χ1n) is 11.0. The summed E-state index contributed by atoms with van der Waals surface area (Å²) in [6.07, 6.45) is -4.67. The van der Waals surface area contributed by atoms with Crippen LogP contribution in [0.25, 0.3) is 22.4 Å². The van der Waals surface area contributed by atoms with Gasteiger partial charge in [-0.25, -0.2) is 14.4 Å². The molecule has 8 nitrogen and oxygen atoms in total. The van der Waals surface area contributed by atoms with Crippen LogP contribution >= 0.6 is 0 Å². The lowest BCUT2D eigenvalue weighted by Gasteiger charge is -2.16. The van der Waals surface area contributed by atoms with Gasteiger partial charge >= 0.3 is 6.18 Å². The first-order valence-corrected chi connectivity index (χ1v) is 11.0. The third-order valence-electron chi connectivity index (χ3n) is 5.60. The van der Waals surface area contributed by atoms with E-state index >= 15 is 0 Å². The molecule has 2 heterocycles. The Labute approximate surface area is 208 Å². The first kappa shape index (κ1) is 26.0. The number of amides is 1. The van der Waals surface area contributed by atoms with Crippen molar-refractivity contribution in [3.05, 3.63) is 77.1 Å². The van der Waals surface area contributed by atoms with E-state index < -0.39 is 42.3 Å². The number of carbonyl (C=O) groups excluding carboxylic acids is 1. The first-order chi connectivity index (χ1) is 17.5. The van der Waals surface area contributed by atoms with Crippen LogP contribution in [-0.2, 0) is 6.18 Å². The number of aliphatic hydroxyl groups excluding tert-OH is 1. The normalized spacial score (nSPS) is 13.4. The summed E-state index contributed by atoms with van der Waals surface area (Å²) in [5, 5.41) is 12.6. The molecule has 2 aromatic heterocycles. The van der Waals surface area contributed by atoms with E-state index in [1.54, 1.807) is 6.92 Å². The number of aliphatic hydroxyl groups is 1. The number of alkyl halides is 3. The van der Waals surface area contributed by atoms with E-state index in [4.69, 9.17) is 14.9 Å². The van der Waals surface area contributed by atoms with Gasteiger partial charge in [0.1, 0.15) is 22.8 Å². The van der Waals surface area contributed by atoms with E-state index in [0.29, 0.717) is 5.56 Å². The van der Waals surface area contributed by atoms with Gasteiger partial charge in [0.25, 0.3) is 5.91 Å². The number of oxazole rings is 1. The van der Waals surface area contributed by atoms with E-state index in [2.05, 4.69) is 15.3 Å². The van der Waals surface area contributed by atoms with Gasteiger partial charge in [-0.1, -0.05) is 12.1 Å². The molecule has 12 heteroatoms. The van der Waals surface area contributed by atoms with Gasteiger partial charge in [-0.3, -0.25) is 4.79 Å². The van der Waals surface area contributed by atoms with E-state index in [0.717, 1.165) is 6.07 Å². The molecule has 0 spiro atoms. The molecule has 0 aliphatic heterocycles. The Morgan fingerprint density at radius 2 is 1.84 bits per heavy atom. The fourth-order valence-corrected chi connectivity index (χ4v) is 3.78. The number of ether oxygens (including phenoxy) is 1. The molecular weight excluding hydrogens is 496 g/mol. The minimum atomic E-state index is -4.67. The summed E-state index contributed by atoms with van der Waals surface area (Å²) >= 11 is 0. The monoisotopic (exact) mass is 518 g/mol. The number of pyridine rings is 1. The molecule has 2 atom stereocenters.